The number of likely N-dealkylation sites (tertiary alicyclic amines) is 1. The smallest absolute Gasteiger partial charge is 0.325 e. The molecule has 2 saturated heterocycles. The van der Waals surface area contributed by atoms with Gasteiger partial charge >= 0.3 is 6.03 Å². The zero-order valence-electron chi connectivity index (χ0n) is 18.1. The van der Waals surface area contributed by atoms with Crippen molar-refractivity contribution in [3.05, 3.63) is 34.5 Å². The zero-order valence-corrected chi connectivity index (χ0v) is 18.9. The minimum absolute atomic E-state index is 0.192. The molecule has 0 saturated carbocycles. The average Bonchev–Trinajstić information content (AvgIpc) is 3.36. The molecule has 0 bridgehead atoms. The van der Waals surface area contributed by atoms with E-state index in [0.29, 0.717) is 12.4 Å². The van der Waals surface area contributed by atoms with Crippen LogP contribution < -0.4 is 10.6 Å². The van der Waals surface area contributed by atoms with Crippen molar-refractivity contribution in [2.24, 2.45) is 0 Å². The summed E-state index contributed by atoms with van der Waals surface area (Å²) in [6, 6.07) is 4.95. The van der Waals surface area contributed by atoms with Gasteiger partial charge in [-0.05, 0) is 52.7 Å². The van der Waals surface area contributed by atoms with Gasteiger partial charge in [0.05, 0.1) is 17.4 Å². The van der Waals surface area contributed by atoms with E-state index < -0.39 is 11.6 Å². The minimum atomic E-state index is -0.990. The lowest BCUT2D eigenvalue weighted by atomic mass is 10.1. The molecule has 9 nitrogen and oxygen atoms in total. The highest BCUT2D eigenvalue weighted by Crippen LogP contribution is 2.32. The molecule has 31 heavy (non-hydrogen) atoms. The summed E-state index contributed by atoms with van der Waals surface area (Å²) in [5.74, 6) is 0.0244. The van der Waals surface area contributed by atoms with Gasteiger partial charge in [0, 0.05) is 11.4 Å². The van der Waals surface area contributed by atoms with Crippen molar-refractivity contribution in [2.45, 2.75) is 52.1 Å². The number of urea groups is 1. The molecule has 4 heterocycles. The molecule has 0 unspecified atom stereocenters. The Morgan fingerprint density at radius 2 is 2.06 bits per heavy atom. The van der Waals surface area contributed by atoms with Crippen LogP contribution in [0, 0.1) is 13.8 Å². The number of hydrogen-bond acceptors (Lipinski definition) is 7. The molecule has 164 valence electrons. The van der Waals surface area contributed by atoms with Crippen molar-refractivity contribution in [3.63, 3.8) is 0 Å². The van der Waals surface area contributed by atoms with Crippen LogP contribution in [0.15, 0.2) is 18.2 Å². The first kappa shape index (κ1) is 21.2. The van der Waals surface area contributed by atoms with Gasteiger partial charge in [-0.1, -0.05) is 6.07 Å². The molecular formula is C21H26N6O3S. The molecule has 2 aliphatic heterocycles. The van der Waals surface area contributed by atoms with Crippen LogP contribution in [0.25, 0.3) is 0 Å². The van der Waals surface area contributed by atoms with Crippen LogP contribution in [-0.4, -0.2) is 56.2 Å². The fraction of sp³-hybridized carbons (Fsp3) is 0.476. The molecule has 1 atom stereocenters. The summed E-state index contributed by atoms with van der Waals surface area (Å²) in [6.07, 6.45) is 1.62. The molecule has 0 aromatic carbocycles. The number of carbonyl (C=O) groups excluding carboxylic acids is 3. The van der Waals surface area contributed by atoms with Crippen LogP contribution in [0.5, 0.6) is 0 Å². The van der Waals surface area contributed by atoms with Crippen molar-refractivity contribution >= 4 is 40.1 Å². The third kappa shape index (κ3) is 4.12. The molecular weight excluding hydrogens is 416 g/mol. The number of nitrogens with one attached hydrogen (secondary N) is 2. The highest BCUT2D eigenvalue weighted by molar-refractivity contribution is 7.15. The van der Waals surface area contributed by atoms with E-state index in [1.165, 1.54) is 0 Å². The molecule has 2 N–H and O–H groups in total. The number of thiazole rings is 1. The second kappa shape index (κ2) is 7.92. The largest absolute Gasteiger partial charge is 0.333 e. The van der Waals surface area contributed by atoms with Gasteiger partial charge in [0.1, 0.15) is 17.9 Å². The molecule has 2 aliphatic rings. The lowest BCUT2D eigenvalue weighted by molar-refractivity contribution is -0.139. The van der Waals surface area contributed by atoms with E-state index in [0.717, 1.165) is 39.1 Å². The van der Waals surface area contributed by atoms with Crippen LogP contribution in [0.3, 0.4) is 0 Å². The van der Waals surface area contributed by atoms with Gasteiger partial charge < -0.3 is 15.5 Å². The van der Waals surface area contributed by atoms with E-state index in [1.807, 2.05) is 32.0 Å². The third-order valence-corrected chi connectivity index (χ3v) is 6.67. The van der Waals surface area contributed by atoms with Gasteiger partial charge in [0.2, 0.25) is 5.91 Å². The quantitative estimate of drug-likeness (QED) is 0.690. The zero-order chi connectivity index (χ0) is 22.3. The number of imide groups is 1. The molecule has 0 spiro atoms. The number of aryl methyl sites for hydroxylation is 2. The second-order valence-electron chi connectivity index (χ2n) is 8.42. The minimum Gasteiger partial charge on any atom is -0.333 e. The van der Waals surface area contributed by atoms with Crippen LogP contribution in [0.4, 0.5) is 15.7 Å². The number of aromatic nitrogens is 2. The average molecular weight is 443 g/mol. The van der Waals surface area contributed by atoms with Gasteiger partial charge in [-0.3, -0.25) is 14.5 Å². The molecule has 0 radical (unpaired) electrons. The van der Waals surface area contributed by atoms with Gasteiger partial charge in [0.15, 0.2) is 5.13 Å². The van der Waals surface area contributed by atoms with Crippen molar-refractivity contribution < 1.29 is 14.4 Å². The fourth-order valence-corrected chi connectivity index (χ4v) is 4.72. The molecule has 10 heteroatoms. The van der Waals surface area contributed by atoms with E-state index in [1.54, 1.807) is 30.1 Å². The van der Waals surface area contributed by atoms with E-state index in [2.05, 4.69) is 15.6 Å². The maximum Gasteiger partial charge on any atom is 0.325 e. The van der Waals surface area contributed by atoms with E-state index in [9.17, 15) is 14.4 Å². The Morgan fingerprint density at radius 3 is 2.71 bits per heavy atom. The molecule has 4 amide bonds. The predicted octanol–water partition coefficient (Wildman–Crippen LogP) is 2.89. The molecule has 2 aromatic rings. The Bertz CT molecular complexity index is 1030. The van der Waals surface area contributed by atoms with Crippen LogP contribution in [0.2, 0.25) is 0 Å². The normalized spacial score (nSPS) is 20.3. The van der Waals surface area contributed by atoms with Crippen LogP contribution >= 0.6 is 11.3 Å². The summed E-state index contributed by atoms with van der Waals surface area (Å²) in [6.45, 7) is 7.56. The summed E-state index contributed by atoms with van der Waals surface area (Å²) in [5, 5.41) is 6.63. The molecule has 4 rings (SSSR count). The Balaban J connectivity index is 1.49. The van der Waals surface area contributed by atoms with Crippen LogP contribution in [0.1, 0.15) is 49.0 Å². The summed E-state index contributed by atoms with van der Waals surface area (Å²) in [7, 11) is 0. The number of anilines is 2. The van der Waals surface area contributed by atoms with Crippen molar-refractivity contribution in [1.82, 2.24) is 25.1 Å². The SMILES string of the molecule is Cc1nc(Nc2cccc([C@@H]3CCCN3C(=O)CN3C(=O)NC(C)(C)C3=O)n2)sc1C. The number of rotatable bonds is 5. The number of amides is 4. The van der Waals surface area contributed by atoms with Gasteiger partial charge in [0.25, 0.3) is 5.91 Å². The Kier molecular flexibility index (Phi) is 5.42. The number of nitrogens with zero attached hydrogens (tertiary/aromatic N) is 4. The Morgan fingerprint density at radius 1 is 1.29 bits per heavy atom. The van der Waals surface area contributed by atoms with Crippen LogP contribution in [-0.2, 0) is 9.59 Å². The molecule has 0 aliphatic carbocycles. The maximum absolute atomic E-state index is 13.0. The van der Waals surface area contributed by atoms with E-state index >= 15 is 0 Å². The lowest BCUT2D eigenvalue weighted by Crippen LogP contribution is -2.44. The highest BCUT2D eigenvalue weighted by Gasteiger charge is 2.46. The van der Waals surface area contributed by atoms with Crippen molar-refractivity contribution in [1.29, 1.82) is 0 Å². The van der Waals surface area contributed by atoms with Gasteiger partial charge in [-0.2, -0.15) is 0 Å². The Hall–Kier alpha value is -3.01. The monoisotopic (exact) mass is 442 g/mol. The van der Waals surface area contributed by atoms with Gasteiger partial charge in [-0.15, -0.1) is 11.3 Å². The Labute approximate surface area is 184 Å². The third-order valence-electron chi connectivity index (χ3n) is 5.69. The number of carbonyl (C=O) groups is 3. The van der Waals surface area contributed by atoms with E-state index in [4.69, 9.17) is 4.98 Å². The predicted molar refractivity (Wildman–Crippen MR) is 117 cm³/mol. The fourth-order valence-electron chi connectivity index (χ4n) is 3.90. The summed E-state index contributed by atoms with van der Waals surface area (Å²) in [4.78, 5) is 50.6. The van der Waals surface area contributed by atoms with Gasteiger partial charge in [-0.25, -0.2) is 14.8 Å². The molecule has 2 aromatic heterocycles. The van der Waals surface area contributed by atoms with E-state index in [-0.39, 0.29) is 24.4 Å². The topological polar surface area (TPSA) is 108 Å². The highest BCUT2D eigenvalue weighted by atomic mass is 32.1. The molecule has 2 fully saturated rings. The first-order chi connectivity index (χ1) is 14.7. The van der Waals surface area contributed by atoms with Crippen molar-refractivity contribution in [3.8, 4) is 0 Å². The standard InChI is InChI=1S/C21H26N6O3S/c1-12-13(2)31-19(22-12)24-16-9-5-7-14(23-16)15-8-6-10-26(15)17(28)11-27-18(29)21(3,4)25-20(27)30/h5,7,9,15H,6,8,10-11H2,1-4H3,(H,25,30)(H,22,23,24)/t15-/m0/s1. The lowest BCUT2D eigenvalue weighted by Gasteiger charge is -2.26. The summed E-state index contributed by atoms with van der Waals surface area (Å²) in [5.41, 5.74) is 0.772. The number of hydrogen-bond donors (Lipinski definition) is 2. The first-order valence-electron chi connectivity index (χ1n) is 10.3. The second-order valence-corrected chi connectivity index (χ2v) is 9.63. The summed E-state index contributed by atoms with van der Waals surface area (Å²) >= 11 is 1.57. The maximum atomic E-state index is 13.0. The number of pyridine rings is 1. The van der Waals surface area contributed by atoms with Crippen molar-refractivity contribution in [2.75, 3.05) is 18.4 Å². The first-order valence-corrected chi connectivity index (χ1v) is 11.1. The summed E-state index contributed by atoms with van der Waals surface area (Å²) < 4.78 is 0.